The smallest absolute Gasteiger partial charge is 0.251 e. The molecule has 0 heterocycles. The molecule has 0 radical (unpaired) electrons. The van der Waals surface area contributed by atoms with Crippen molar-refractivity contribution in [1.29, 1.82) is 0 Å². The molecule has 92 valence electrons. The summed E-state index contributed by atoms with van der Waals surface area (Å²) < 4.78 is 0. The molecule has 0 aliphatic heterocycles. The molecular weight excluding hydrogens is 263 g/mol. The summed E-state index contributed by atoms with van der Waals surface area (Å²) in [4.78, 5) is 15.4. The molecule has 1 rings (SSSR count). The molecule has 0 aromatic heterocycles. The van der Waals surface area contributed by atoms with E-state index in [-0.39, 0.29) is 11.9 Å². The Hall–Kier alpha value is -1.46. The van der Waals surface area contributed by atoms with Crippen molar-refractivity contribution in [2.24, 2.45) is 16.5 Å². The first-order valence-corrected chi connectivity index (χ1v) is 5.55. The summed E-state index contributed by atoms with van der Waals surface area (Å²) in [6.45, 7) is 0.673. The number of carbonyl (C=O) groups is 1. The van der Waals surface area contributed by atoms with Crippen molar-refractivity contribution in [3.05, 3.63) is 33.8 Å². The van der Waals surface area contributed by atoms with Crippen LogP contribution in [0.3, 0.4) is 0 Å². The molecule has 1 aromatic carbocycles. The maximum atomic E-state index is 11.6. The van der Waals surface area contributed by atoms with E-state index in [1.54, 1.807) is 12.1 Å². The van der Waals surface area contributed by atoms with Crippen molar-refractivity contribution in [3.8, 4) is 0 Å². The first-order chi connectivity index (χ1) is 8.00. The van der Waals surface area contributed by atoms with Crippen LogP contribution in [-0.2, 0) is 0 Å². The van der Waals surface area contributed by atoms with E-state index in [1.165, 1.54) is 6.07 Å². The molecule has 7 heteroatoms. The van der Waals surface area contributed by atoms with Gasteiger partial charge in [0, 0.05) is 12.1 Å². The van der Waals surface area contributed by atoms with Crippen molar-refractivity contribution in [1.82, 2.24) is 5.32 Å². The predicted octanol–water partition coefficient (Wildman–Crippen LogP) is 0.997. The first-order valence-electron chi connectivity index (χ1n) is 4.79. The number of aliphatic imine (C=N–C) groups is 1. The lowest BCUT2D eigenvalue weighted by Gasteiger charge is -2.04. The number of hydrogen-bond acceptors (Lipinski definition) is 2. The second-order valence-corrected chi connectivity index (χ2v) is 4.01. The van der Waals surface area contributed by atoms with Crippen LogP contribution < -0.4 is 16.8 Å². The molecule has 0 saturated heterocycles. The van der Waals surface area contributed by atoms with E-state index < -0.39 is 0 Å². The van der Waals surface area contributed by atoms with Crippen LogP contribution in [0.25, 0.3) is 0 Å². The fourth-order valence-electron chi connectivity index (χ4n) is 1.09. The number of hydrogen-bond donors (Lipinski definition) is 3. The Bertz CT molecular complexity index is 444. The highest BCUT2D eigenvalue weighted by atomic mass is 35.5. The standard InChI is InChI=1S/C10H12Cl2N4O/c11-7-2-1-6(5-8(7)12)9(17)15-3-4-16-10(13)14/h1-2,5H,3-4H2,(H,15,17)(H4,13,14,16). The van der Waals surface area contributed by atoms with Crippen molar-refractivity contribution < 1.29 is 4.79 Å². The Balaban J connectivity index is 2.52. The summed E-state index contributed by atoms with van der Waals surface area (Å²) in [5.41, 5.74) is 10.7. The number of nitrogens with one attached hydrogen (secondary N) is 1. The Morgan fingerprint density at radius 3 is 2.59 bits per heavy atom. The second kappa shape index (κ2) is 6.32. The molecule has 17 heavy (non-hydrogen) atoms. The summed E-state index contributed by atoms with van der Waals surface area (Å²) in [5.74, 6) is -0.261. The molecule has 0 saturated carbocycles. The Morgan fingerprint density at radius 2 is 2.00 bits per heavy atom. The number of halogens is 2. The highest BCUT2D eigenvalue weighted by Gasteiger charge is 2.06. The third-order valence-electron chi connectivity index (χ3n) is 1.87. The van der Waals surface area contributed by atoms with Gasteiger partial charge in [-0.1, -0.05) is 23.2 Å². The minimum atomic E-state index is -0.255. The second-order valence-electron chi connectivity index (χ2n) is 3.19. The summed E-state index contributed by atoms with van der Waals surface area (Å²) in [7, 11) is 0. The zero-order chi connectivity index (χ0) is 12.8. The minimum Gasteiger partial charge on any atom is -0.370 e. The monoisotopic (exact) mass is 274 g/mol. The summed E-state index contributed by atoms with van der Waals surface area (Å²) in [6.07, 6.45) is 0. The van der Waals surface area contributed by atoms with E-state index in [0.29, 0.717) is 28.7 Å². The van der Waals surface area contributed by atoms with Gasteiger partial charge in [0.05, 0.1) is 16.6 Å². The van der Waals surface area contributed by atoms with Gasteiger partial charge in [-0.05, 0) is 18.2 Å². The van der Waals surface area contributed by atoms with E-state index in [2.05, 4.69) is 10.3 Å². The molecule has 1 aromatic rings. The molecule has 1 amide bonds. The number of nitrogens with zero attached hydrogens (tertiary/aromatic N) is 1. The van der Waals surface area contributed by atoms with Crippen molar-refractivity contribution in [2.75, 3.05) is 13.1 Å². The Labute approximate surface area is 109 Å². The molecule has 0 fully saturated rings. The molecule has 5 nitrogen and oxygen atoms in total. The van der Waals surface area contributed by atoms with E-state index in [9.17, 15) is 4.79 Å². The largest absolute Gasteiger partial charge is 0.370 e. The highest BCUT2D eigenvalue weighted by molar-refractivity contribution is 6.42. The van der Waals surface area contributed by atoms with Crippen LogP contribution in [0.5, 0.6) is 0 Å². The zero-order valence-electron chi connectivity index (χ0n) is 8.91. The van der Waals surface area contributed by atoms with Crippen LogP contribution in [0, 0.1) is 0 Å². The number of carbonyl (C=O) groups excluding carboxylic acids is 1. The average Bonchev–Trinajstić information content (AvgIpc) is 2.27. The van der Waals surface area contributed by atoms with Gasteiger partial charge in [-0.15, -0.1) is 0 Å². The van der Waals surface area contributed by atoms with Gasteiger partial charge in [0.25, 0.3) is 5.91 Å². The SMILES string of the molecule is NC(N)=NCCNC(=O)c1ccc(Cl)c(Cl)c1. The molecule has 0 unspecified atom stereocenters. The normalized spacial score (nSPS) is 9.76. The lowest BCUT2D eigenvalue weighted by Crippen LogP contribution is -2.28. The average molecular weight is 275 g/mol. The lowest BCUT2D eigenvalue weighted by atomic mass is 10.2. The van der Waals surface area contributed by atoms with E-state index in [4.69, 9.17) is 34.7 Å². The molecule has 0 aliphatic carbocycles. The predicted molar refractivity (Wildman–Crippen MR) is 69.5 cm³/mol. The highest BCUT2D eigenvalue weighted by Crippen LogP contribution is 2.22. The summed E-state index contributed by atoms with van der Waals surface area (Å²) in [5, 5.41) is 3.38. The van der Waals surface area contributed by atoms with Crippen molar-refractivity contribution >= 4 is 35.1 Å². The molecular formula is C10H12Cl2N4O. The molecule has 5 N–H and O–H groups in total. The van der Waals surface area contributed by atoms with Crippen LogP contribution in [-0.4, -0.2) is 25.0 Å². The van der Waals surface area contributed by atoms with Gasteiger partial charge in [0.15, 0.2) is 5.96 Å². The van der Waals surface area contributed by atoms with Gasteiger partial charge >= 0.3 is 0 Å². The summed E-state index contributed by atoms with van der Waals surface area (Å²) in [6, 6.07) is 4.65. The zero-order valence-corrected chi connectivity index (χ0v) is 10.4. The lowest BCUT2D eigenvalue weighted by molar-refractivity contribution is 0.0955. The fraction of sp³-hybridized carbons (Fsp3) is 0.200. The van der Waals surface area contributed by atoms with Crippen LogP contribution >= 0.6 is 23.2 Å². The molecule has 0 bridgehead atoms. The maximum absolute atomic E-state index is 11.6. The van der Waals surface area contributed by atoms with Crippen LogP contribution in [0.15, 0.2) is 23.2 Å². The van der Waals surface area contributed by atoms with Gasteiger partial charge in [-0.25, -0.2) is 0 Å². The number of guanidine groups is 1. The van der Waals surface area contributed by atoms with Gasteiger partial charge in [0.2, 0.25) is 0 Å². The third kappa shape index (κ3) is 4.50. The molecule has 0 atom stereocenters. The van der Waals surface area contributed by atoms with Crippen molar-refractivity contribution in [2.45, 2.75) is 0 Å². The van der Waals surface area contributed by atoms with Gasteiger partial charge in [-0.2, -0.15) is 0 Å². The number of benzene rings is 1. The van der Waals surface area contributed by atoms with Crippen molar-refractivity contribution in [3.63, 3.8) is 0 Å². The quantitative estimate of drug-likeness (QED) is 0.434. The number of rotatable bonds is 4. The van der Waals surface area contributed by atoms with Crippen LogP contribution in [0.4, 0.5) is 0 Å². The molecule has 0 spiro atoms. The minimum absolute atomic E-state index is 0.00575. The third-order valence-corrected chi connectivity index (χ3v) is 2.61. The van der Waals surface area contributed by atoms with Crippen LogP contribution in [0.2, 0.25) is 10.0 Å². The number of amides is 1. The van der Waals surface area contributed by atoms with Gasteiger partial charge in [0.1, 0.15) is 0 Å². The first kappa shape index (κ1) is 13.6. The van der Waals surface area contributed by atoms with Gasteiger partial charge < -0.3 is 16.8 Å². The summed E-state index contributed by atoms with van der Waals surface area (Å²) >= 11 is 11.5. The topological polar surface area (TPSA) is 93.5 Å². The van der Waals surface area contributed by atoms with Crippen LogP contribution in [0.1, 0.15) is 10.4 Å². The Morgan fingerprint density at radius 1 is 1.29 bits per heavy atom. The maximum Gasteiger partial charge on any atom is 0.251 e. The molecule has 0 aliphatic rings. The van der Waals surface area contributed by atoms with Gasteiger partial charge in [-0.3, -0.25) is 9.79 Å². The van der Waals surface area contributed by atoms with E-state index >= 15 is 0 Å². The van der Waals surface area contributed by atoms with E-state index in [0.717, 1.165) is 0 Å². The number of nitrogens with two attached hydrogens (primary N) is 2. The Kier molecular flexibility index (Phi) is 5.06. The van der Waals surface area contributed by atoms with E-state index in [1.807, 2.05) is 0 Å². The fourth-order valence-corrected chi connectivity index (χ4v) is 1.39.